The second kappa shape index (κ2) is 6.90. The minimum Gasteiger partial charge on any atom is -0.325 e. The molecule has 0 spiro atoms. The van der Waals surface area contributed by atoms with Crippen LogP contribution in [0.4, 0.5) is 11.4 Å². The third kappa shape index (κ3) is 3.66. The number of anilines is 1. The van der Waals surface area contributed by atoms with Gasteiger partial charge in [-0.05, 0) is 24.4 Å². The minimum atomic E-state index is -0.460. The largest absolute Gasteiger partial charge is 0.325 e. The molecule has 8 heteroatoms. The Morgan fingerprint density at radius 2 is 2.17 bits per heavy atom. The molecule has 2 heterocycles. The van der Waals surface area contributed by atoms with Crippen molar-refractivity contribution in [2.24, 2.45) is 0 Å². The van der Waals surface area contributed by atoms with Gasteiger partial charge in [-0.3, -0.25) is 14.9 Å². The summed E-state index contributed by atoms with van der Waals surface area (Å²) in [5.74, 6) is -0.254. The molecule has 0 aliphatic carbocycles. The molecule has 122 valence electrons. The number of nitrogens with zero attached hydrogens (tertiary/aromatic N) is 2. The van der Waals surface area contributed by atoms with E-state index in [1.54, 1.807) is 30.4 Å². The number of nitro groups is 1. The van der Waals surface area contributed by atoms with Gasteiger partial charge in [0.15, 0.2) is 0 Å². The average molecular weight is 359 g/mol. The number of hydrogen-bond acceptors (Lipinski definition) is 6. The van der Waals surface area contributed by atoms with Crippen molar-refractivity contribution in [3.05, 3.63) is 61.8 Å². The molecule has 0 radical (unpaired) electrons. The number of hydrogen-bond donors (Lipinski definition) is 1. The van der Waals surface area contributed by atoms with Crippen LogP contribution in [0.2, 0.25) is 0 Å². The lowest BCUT2D eigenvalue weighted by Crippen LogP contribution is -2.14. The Kier molecular flexibility index (Phi) is 4.68. The molecule has 1 aromatic carbocycles. The summed E-state index contributed by atoms with van der Waals surface area (Å²) >= 11 is 3.09. The quantitative estimate of drug-likeness (QED) is 0.544. The van der Waals surface area contributed by atoms with E-state index in [0.29, 0.717) is 16.9 Å². The molecule has 0 saturated carbocycles. The number of thiazole rings is 1. The fourth-order valence-corrected chi connectivity index (χ4v) is 3.69. The number of nitro benzene ring substituents is 1. The second-order valence-electron chi connectivity index (χ2n) is 5.14. The molecular weight excluding hydrogens is 346 g/mol. The van der Waals surface area contributed by atoms with Crippen LogP contribution in [0.1, 0.15) is 11.3 Å². The van der Waals surface area contributed by atoms with E-state index in [-0.39, 0.29) is 18.0 Å². The molecule has 1 amide bonds. The summed E-state index contributed by atoms with van der Waals surface area (Å²) in [4.78, 5) is 27.1. The predicted octanol–water partition coefficient (Wildman–Crippen LogP) is 4.27. The van der Waals surface area contributed by atoms with E-state index < -0.39 is 4.92 Å². The molecule has 0 aliphatic heterocycles. The van der Waals surface area contributed by atoms with Crippen LogP contribution in [-0.2, 0) is 11.2 Å². The third-order valence-electron chi connectivity index (χ3n) is 3.35. The van der Waals surface area contributed by atoms with Gasteiger partial charge in [-0.25, -0.2) is 4.98 Å². The summed E-state index contributed by atoms with van der Waals surface area (Å²) in [6.07, 6.45) is 0.127. The van der Waals surface area contributed by atoms with Crippen molar-refractivity contribution in [3.8, 4) is 10.6 Å². The molecule has 3 aromatic rings. The lowest BCUT2D eigenvalue weighted by molar-refractivity contribution is -0.385. The number of amides is 1. The fourth-order valence-electron chi connectivity index (χ4n) is 2.16. The minimum absolute atomic E-state index is 0.0128. The number of thiophene rings is 1. The van der Waals surface area contributed by atoms with Crippen molar-refractivity contribution in [3.63, 3.8) is 0 Å². The van der Waals surface area contributed by atoms with Crippen LogP contribution in [0.15, 0.2) is 40.4 Å². The van der Waals surface area contributed by atoms with Crippen LogP contribution in [-0.4, -0.2) is 15.8 Å². The van der Waals surface area contributed by atoms with Gasteiger partial charge >= 0.3 is 0 Å². The smallest absolute Gasteiger partial charge is 0.274 e. The zero-order valence-electron chi connectivity index (χ0n) is 12.7. The fraction of sp³-hybridized carbons (Fsp3) is 0.125. The van der Waals surface area contributed by atoms with Gasteiger partial charge < -0.3 is 5.32 Å². The van der Waals surface area contributed by atoms with Crippen LogP contribution >= 0.6 is 22.7 Å². The van der Waals surface area contributed by atoms with Crippen LogP contribution in [0.25, 0.3) is 10.6 Å². The van der Waals surface area contributed by atoms with Gasteiger partial charge in [0.1, 0.15) is 5.01 Å². The van der Waals surface area contributed by atoms with E-state index in [1.807, 2.05) is 22.2 Å². The first-order chi connectivity index (χ1) is 11.5. The van der Waals surface area contributed by atoms with Crippen LogP contribution < -0.4 is 5.32 Å². The predicted molar refractivity (Wildman–Crippen MR) is 95.6 cm³/mol. The van der Waals surface area contributed by atoms with Gasteiger partial charge in [0.25, 0.3) is 5.69 Å². The number of carbonyl (C=O) groups excluding carboxylic acids is 1. The van der Waals surface area contributed by atoms with Gasteiger partial charge in [-0.15, -0.1) is 11.3 Å². The van der Waals surface area contributed by atoms with E-state index in [0.717, 1.165) is 10.6 Å². The van der Waals surface area contributed by atoms with Gasteiger partial charge in [0.05, 0.1) is 17.0 Å². The molecular formula is C16H13N3O3S2. The molecule has 2 aromatic heterocycles. The van der Waals surface area contributed by atoms with Gasteiger partial charge in [-0.2, -0.15) is 11.3 Å². The molecule has 24 heavy (non-hydrogen) atoms. The maximum absolute atomic E-state index is 12.1. The molecule has 3 rings (SSSR count). The van der Waals surface area contributed by atoms with E-state index in [2.05, 4.69) is 10.3 Å². The highest BCUT2D eigenvalue weighted by atomic mass is 32.1. The Morgan fingerprint density at radius 1 is 1.33 bits per heavy atom. The van der Waals surface area contributed by atoms with Crippen molar-refractivity contribution < 1.29 is 9.72 Å². The van der Waals surface area contributed by atoms with Crippen molar-refractivity contribution in [1.29, 1.82) is 0 Å². The zero-order valence-corrected chi connectivity index (χ0v) is 14.3. The molecule has 0 bridgehead atoms. The van der Waals surface area contributed by atoms with Crippen molar-refractivity contribution >= 4 is 40.0 Å². The first kappa shape index (κ1) is 16.3. The van der Waals surface area contributed by atoms with Crippen LogP contribution in [0.3, 0.4) is 0 Å². The maximum Gasteiger partial charge on any atom is 0.274 e. The Hall–Kier alpha value is -2.58. The third-order valence-corrected chi connectivity index (χ3v) is 4.97. The number of nitrogens with one attached hydrogen (secondary N) is 1. The first-order valence-electron chi connectivity index (χ1n) is 7.05. The summed E-state index contributed by atoms with van der Waals surface area (Å²) in [5.41, 5.74) is 2.68. The molecule has 6 nitrogen and oxygen atoms in total. The second-order valence-corrected chi connectivity index (χ2v) is 6.78. The highest BCUT2D eigenvalue weighted by Gasteiger charge is 2.14. The van der Waals surface area contributed by atoms with Crippen molar-refractivity contribution in [1.82, 2.24) is 4.98 Å². The Labute approximate surface area is 146 Å². The average Bonchev–Trinajstić information content (AvgIpc) is 3.19. The summed E-state index contributed by atoms with van der Waals surface area (Å²) in [6, 6.07) is 6.62. The maximum atomic E-state index is 12.1. The summed E-state index contributed by atoms with van der Waals surface area (Å²) in [7, 11) is 0. The first-order valence-corrected chi connectivity index (χ1v) is 8.87. The van der Waals surface area contributed by atoms with Gasteiger partial charge in [0, 0.05) is 33.6 Å². The lowest BCUT2D eigenvalue weighted by atomic mass is 10.2. The normalized spacial score (nSPS) is 10.5. The van der Waals surface area contributed by atoms with Gasteiger partial charge in [0.2, 0.25) is 5.91 Å². The number of aromatic nitrogens is 1. The summed E-state index contributed by atoms with van der Waals surface area (Å²) < 4.78 is 0. The van der Waals surface area contributed by atoms with Crippen molar-refractivity contribution in [2.75, 3.05) is 5.32 Å². The molecule has 0 unspecified atom stereocenters. The molecule has 0 saturated heterocycles. The standard InChI is InChI=1S/C16H13N3O3S2/c1-10-2-3-12(6-14(10)19(21)22)17-15(20)7-13-9-24-16(18-13)11-4-5-23-8-11/h2-6,8-9H,7H2,1H3,(H,17,20). The summed E-state index contributed by atoms with van der Waals surface area (Å²) in [6.45, 7) is 1.66. The SMILES string of the molecule is Cc1ccc(NC(=O)Cc2csc(-c3ccsc3)n2)cc1[N+](=O)[O-]. The highest BCUT2D eigenvalue weighted by Crippen LogP contribution is 2.26. The Morgan fingerprint density at radius 3 is 2.88 bits per heavy atom. The van der Waals surface area contributed by atoms with Gasteiger partial charge in [-0.1, -0.05) is 6.07 Å². The Bertz CT molecular complexity index is 888. The lowest BCUT2D eigenvalue weighted by Gasteiger charge is -2.05. The molecule has 1 N–H and O–H groups in total. The molecule has 0 atom stereocenters. The van der Waals surface area contributed by atoms with Crippen LogP contribution in [0.5, 0.6) is 0 Å². The number of benzene rings is 1. The monoisotopic (exact) mass is 359 g/mol. The molecule has 0 aliphatic rings. The zero-order chi connectivity index (χ0) is 17.1. The molecule has 0 fully saturated rings. The van der Waals surface area contributed by atoms with E-state index in [1.165, 1.54) is 17.4 Å². The highest BCUT2D eigenvalue weighted by molar-refractivity contribution is 7.14. The number of rotatable bonds is 5. The topological polar surface area (TPSA) is 85.1 Å². The van der Waals surface area contributed by atoms with E-state index in [4.69, 9.17) is 0 Å². The van der Waals surface area contributed by atoms with Crippen molar-refractivity contribution in [2.45, 2.75) is 13.3 Å². The van der Waals surface area contributed by atoms with Crippen LogP contribution in [0, 0.1) is 17.0 Å². The Balaban J connectivity index is 1.68. The van der Waals surface area contributed by atoms with E-state index in [9.17, 15) is 14.9 Å². The number of carbonyl (C=O) groups is 1. The van der Waals surface area contributed by atoms with E-state index >= 15 is 0 Å². The number of aryl methyl sites for hydroxylation is 1. The summed E-state index contributed by atoms with van der Waals surface area (Å²) in [5, 5.41) is 20.3.